The van der Waals surface area contributed by atoms with Crippen molar-refractivity contribution in [3.05, 3.63) is 21.9 Å². The highest BCUT2D eigenvalue weighted by Gasteiger charge is 2.12. The van der Waals surface area contributed by atoms with E-state index in [2.05, 4.69) is 48.5 Å². The molecule has 0 aliphatic heterocycles. The summed E-state index contributed by atoms with van der Waals surface area (Å²) in [4.78, 5) is 6.92. The molecule has 0 radical (unpaired) electrons. The second-order valence-electron chi connectivity index (χ2n) is 5.39. The predicted octanol–water partition coefficient (Wildman–Crippen LogP) is 3.79. The SMILES string of the molecule is CCOC(CCNC(=NC)NCc1ccc(C)s1)C(C)C.I. The summed E-state index contributed by atoms with van der Waals surface area (Å²) in [5.41, 5.74) is 0. The molecule has 1 heterocycles. The molecule has 1 aromatic heterocycles. The molecule has 0 bridgehead atoms. The Bertz CT molecular complexity index is 435. The molecule has 0 aliphatic carbocycles. The van der Waals surface area contributed by atoms with Crippen molar-refractivity contribution in [1.29, 1.82) is 0 Å². The average molecular weight is 439 g/mol. The van der Waals surface area contributed by atoms with Gasteiger partial charge in [-0.1, -0.05) is 13.8 Å². The Kier molecular flexibility index (Phi) is 11.9. The molecule has 0 spiro atoms. The third-order valence-electron chi connectivity index (χ3n) is 3.30. The fourth-order valence-corrected chi connectivity index (χ4v) is 2.96. The van der Waals surface area contributed by atoms with Crippen molar-refractivity contribution in [1.82, 2.24) is 10.6 Å². The van der Waals surface area contributed by atoms with Crippen LogP contribution < -0.4 is 10.6 Å². The van der Waals surface area contributed by atoms with Crippen molar-refractivity contribution in [3.63, 3.8) is 0 Å². The molecule has 0 saturated heterocycles. The van der Waals surface area contributed by atoms with E-state index in [-0.39, 0.29) is 24.0 Å². The molecule has 1 rings (SSSR count). The third kappa shape index (κ3) is 8.33. The summed E-state index contributed by atoms with van der Waals surface area (Å²) < 4.78 is 5.75. The molecule has 1 unspecified atom stereocenters. The van der Waals surface area contributed by atoms with Gasteiger partial charge in [0.2, 0.25) is 0 Å². The summed E-state index contributed by atoms with van der Waals surface area (Å²) in [6.07, 6.45) is 1.30. The van der Waals surface area contributed by atoms with Gasteiger partial charge in [0.1, 0.15) is 0 Å². The van der Waals surface area contributed by atoms with Crippen molar-refractivity contribution < 1.29 is 4.74 Å². The molecular weight excluding hydrogens is 409 g/mol. The van der Waals surface area contributed by atoms with Gasteiger partial charge < -0.3 is 15.4 Å². The number of hydrogen-bond acceptors (Lipinski definition) is 3. The van der Waals surface area contributed by atoms with Crippen LogP contribution in [-0.4, -0.2) is 32.3 Å². The van der Waals surface area contributed by atoms with E-state index in [4.69, 9.17) is 4.74 Å². The first-order valence-corrected chi connectivity index (χ1v) is 8.49. The number of guanidine groups is 1. The molecule has 1 atom stereocenters. The first-order valence-electron chi connectivity index (χ1n) is 7.68. The van der Waals surface area contributed by atoms with Crippen LogP contribution in [0.5, 0.6) is 0 Å². The van der Waals surface area contributed by atoms with Crippen molar-refractivity contribution >= 4 is 41.3 Å². The van der Waals surface area contributed by atoms with Crippen molar-refractivity contribution in [2.45, 2.75) is 46.8 Å². The van der Waals surface area contributed by atoms with Gasteiger partial charge in [-0.15, -0.1) is 35.3 Å². The van der Waals surface area contributed by atoms with Gasteiger partial charge in [-0.2, -0.15) is 0 Å². The van der Waals surface area contributed by atoms with Gasteiger partial charge in [-0.3, -0.25) is 4.99 Å². The van der Waals surface area contributed by atoms with Gasteiger partial charge in [-0.05, 0) is 38.3 Å². The zero-order valence-corrected chi connectivity index (χ0v) is 17.5. The maximum atomic E-state index is 5.75. The van der Waals surface area contributed by atoms with Crippen molar-refractivity contribution in [2.75, 3.05) is 20.2 Å². The Morgan fingerprint density at radius 2 is 2.05 bits per heavy atom. The highest BCUT2D eigenvalue weighted by atomic mass is 127. The highest BCUT2D eigenvalue weighted by Crippen LogP contribution is 2.14. The molecule has 0 amide bonds. The number of halogens is 1. The lowest BCUT2D eigenvalue weighted by molar-refractivity contribution is 0.0258. The van der Waals surface area contributed by atoms with Crippen LogP contribution in [0.3, 0.4) is 0 Å². The smallest absolute Gasteiger partial charge is 0.191 e. The monoisotopic (exact) mass is 439 g/mol. The number of aliphatic imine (C=N–C) groups is 1. The topological polar surface area (TPSA) is 45.6 Å². The predicted molar refractivity (Wildman–Crippen MR) is 108 cm³/mol. The van der Waals surface area contributed by atoms with Gasteiger partial charge in [-0.25, -0.2) is 0 Å². The van der Waals surface area contributed by atoms with Gasteiger partial charge in [0, 0.05) is 30.0 Å². The minimum Gasteiger partial charge on any atom is -0.378 e. The number of nitrogens with zero attached hydrogens (tertiary/aromatic N) is 1. The minimum absolute atomic E-state index is 0. The lowest BCUT2D eigenvalue weighted by Crippen LogP contribution is -2.38. The number of thiophene rings is 1. The van der Waals surface area contributed by atoms with Crippen LogP contribution >= 0.6 is 35.3 Å². The summed E-state index contributed by atoms with van der Waals surface area (Å²) >= 11 is 1.81. The Morgan fingerprint density at radius 3 is 2.55 bits per heavy atom. The minimum atomic E-state index is 0. The summed E-state index contributed by atoms with van der Waals surface area (Å²) in [6, 6.07) is 4.30. The standard InChI is InChI=1S/C16H29N3OS.HI/c1-6-20-15(12(2)3)9-10-18-16(17-5)19-11-14-8-7-13(4)21-14;/h7-8,12,15H,6,9-11H2,1-5H3,(H2,17,18,19);1H. The van der Waals surface area contributed by atoms with Gasteiger partial charge in [0.15, 0.2) is 5.96 Å². The number of rotatable bonds is 8. The van der Waals surface area contributed by atoms with E-state index in [0.717, 1.165) is 32.1 Å². The van der Waals surface area contributed by atoms with E-state index >= 15 is 0 Å². The Hall–Kier alpha value is -0.340. The first kappa shape index (κ1) is 21.7. The molecule has 0 aliphatic rings. The van der Waals surface area contributed by atoms with E-state index < -0.39 is 0 Å². The van der Waals surface area contributed by atoms with E-state index in [9.17, 15) is 0 Å². The zero-order chi connectivity index (χ0) is 15.7. The first-order chi connectivity index (χ1) is 10.1. The Labute approximate surface area is 156 Å². The fourth-order valence-electron chi connectivity index (χ4n) is 2.13. The second-order valence-corrected chi connectivity index (χ2v) is 6.76. The average Bonchev–Trinajstić information content (AvgIpc) is 2.86. The summed E-state index contributed by atoms with van der Waals surface area (Å²) in [6.45, 7) is 11.0. The molecule has 1 aromatic rings. The van der Waals surface area contributed by atoms with Crippen LogP contribution in [0.15, 0.2) is 17.1 Å². The van der Waals surface area contributed by atoms with Crippen LogP contribution in [0.4, 0.5) is 0 Å². The molecule has 0 saturated carbocycles. The van der Waals surface area contributed by atoms with Crippen LogP contribution in [0.2, 0.25) is 0 Å². The number of hydrogen-bond donors (Lipinski definition) is 2. The van der Waals surface area contributed by atoms with Crippen LogP contribution in [0, 0.1) is 12.8 Å². The maximum absolute atomic E-state index is 5.75. The zero-order valence-electron chi connectivity index (χ0n) is 14.3. The molecule has 0 fully saturated rings. The molecule has 6 heteroatoms. The molecule has 128 valence electrons. The quantitative estimate of drug-likeness (QED) is 0.368. The van der Waals surface area contributed by atoms with E-state index in [1.165, 1.54) is 9.75 Å². The Balaban J connectivity index is 0.00000441. The van der Waals surface area contributed by atoms with Gasteiger partial charge >= 0.3 is 0 Å². The van der Waals surface area contributed by atoms with Crippen LogP contribution in [-0.2, 0) is 11.3 Å². The molecular formula is C16H30IN3OS. The second kappa shape index (κ2) is 12.1. The normalized spacial score (nSPS) is 12.9. The molecule has 22 heavy (non-hydrogen) atoms. The van der Waals surface area contributed by atoms with Crippen molar-refractivity contribution in [3.8, 4) is 0 Å². The molecule has 4 nitrogen and oxygen atoms in total. The molecule has 0 aromatic carbocycles. The number of nitrogens with one attached hydrogen (secondary N) is 2. The van der Waals surface area contributed by atoms with Gasteiger partial charge in [0.05, 0.1) is 12.6 Å². The summed E-state index contributed by atoms with van der Waals surface area (Å²) in [5, 5.41) is 6.70. The van der Waals surface area contributed by atoms with E-state index in [1.54, 1.807) is 7.05 Å². The number of ether oxygens (including phenoxy) is 1. The lowest BCUT2D eigenvalue weighted by Gasteiger charge is -2.21. The Morgan fingerprint density at radius 1 is 1.32 bits per heavy atom. The van der Waals surface area contributed by atoms with Crippen molar-refractivity contribution in [2.24, 2.45) is 10.9 Å². The molecule has 2 N–H and O–H groups in total. The highest BCUT2D eigenvalue weighted by molar-refractivity contribution is 14.0. The summed E-state index contributed by atoms with van der Waals surface area (Å²) in [5.74, 6) is 1.39. The van der Waals surface area contributed by atoms with Crippen LogP contribution in [0.25, 0.3) is 0 Å². The van der Waals surface area contributed by atoms with E-state index in [0.29, 0.717) is 12.0 Å². The summed E-state index contributed by atoms with van der Waals surface area (Å²) in [7, 11) is 1.80. The third-order valence-corrected chi connectivity index (χ3v) is 4.30. The van der Waals surface area contributed by atoms with Crippen LogP contribution in [0.1, 0.15) is 36.9 Å². The van der Waals surface area contributed by atoms with E-state index in [1.807, 2.05) is 18.3 Å². The maximum Gasteiger partial charge on any atom is 0.191 e. The fraction of sp³-hybridized carbons (Fsp3) is 0.688. The number of aryl methyl sites for hydroxylation is 1. The largest absolute Gasteiger partial charge is 0.378 e. The lowest BCUT2D eigenvalue weighted by atomic mass is 10.0. The van der Waals surface area contributed by atoms with Gasteiger partial charge in [0.25, 0.3) is 0 Å².